The van der Waals surface area contributed by atoms with E-state index in [1.807, 2.05) is 72.0 Å². The van der Waals surface area contributed by atoms with E-state index in [1.165, 1.54) is 36.9 Å². The molecule has 0 aliphatic carbocycles. The van der Waals surface area contributed by atoms with E-state index in [2.05, 4.69) is 180 Å². The van der Waals surface area contributed by atoms with E-state index in [0.717, 1.165) is 88.6 Å². The van der Waals surface area contributed by atoms with Gasteiger partial charge in [-0.25, -0.2) is 0 Å². The van der Waals surface area contributed by atoms with E-state index in [9.17, 15) is 0 Å². The van der Waals surface area contributed by atoms with Gasteiger partial charge in [0, 0.05) is 58.5 Å². The normalized spacial score (nSPS) is 12.4. The van der Waals surface area contributed by atoms with Crippen LogP contribution in [0.4, 0.5) is 0 Å². The molecule has 9 aromatic carbocycles. The Labute approximate surface area is 414 Å². The molecule has 6 nitrogen and oxygen atoms in total. The number of benzene rings is 9. The predicted octanol–water partition coefficient (Wildman–Crippen LogP) is 16.6. The first-order chi connectivity index (χ1) is 35.0. The minimum absolute atomic E-state index is 0.289. The molecular weight excluding hydrogens is 887 g/mol. The number of para-hydroxylation sites is 3. The van der Waals surface area contributed by atoms with Crippen LogP contribution in [0.1, 0.15) is 22.3 Å². The van der Waals surface area contributed by atoms with Crippen molar-refractivity contribution in [3.8, 4) is 39.3 Å². The van der Waals surface area contributed by atoms with Crippen LogP contribution in [0.5, 0.6) is 0 Å². The highest BCUT2D eigenvalue weighted by Gasteiger charge is 2.27. The Kier molecular flexibility index (Phi) is 10.2. The van der Waals surface area contributed by atoms with Crippen molar-refractivity contribution in [2.75, 3.05) is 0 Å². The van der Waals surface area contributed by atoms with Gasteiger partial charge in [-0.1, -0.05) is 170 Å². The number of aliphatic imine (C=N–C) groups is 2. The van der Waals surface area contributed by atoms with E-state index in [1.54, 1.807) is 0 Å². The van der Waals surface area contributed by atoms with Crippen molar-refractivity contribution >= 4 is 93.1 Å². The largest absolute Gasteiger partial charge is 0.456 e. The van der Waals surface area contributed by atoms with E-state index < -0.39 is 0 Å². The number of rotatable bonds is 8. The highest BCUT2D eigenvalue weighted by molar-refractivity contribution is 7.26. The first-order valence-electron chi connectivity index (χ1n) is 23.8. The number of nitrogens with zero attached hydrogens (tertiary/aromatic N) is 4. The van der Waals surface area contributed by atoms with Gasteiger partial charge >= 0.3 is 0 Å². The summed E-state index contributed by atoms with van der Waals surface area (Å²) in [4.78, 5) is 10.7. The number of fused-ring (bicyclic) bond motifs is 8. The van der Waals surface area contributed by atoms with Crippen molar-refractivity contribution in [3.05, 3.63) is 241 Å². The molecule has 0 spiro atoms. The minimum Gasteiger partial charge on any atom is -0.456 e. The third kappa shape index (κ3) is 6.92. The third-order valence-electron chi connectivity index (χ3n) is 13.9. The second kappa shape index (κ2) is 17.2. The van der Waals surface area contributed by atoms with Crippen LogP contribution < -0.4 is 5.73 Å². The highest BCUT2D eigenvalue weighted by Crippen LogP contribution is 2.47. The number of hydrogen-bond acceptors (Lipinski definition) is 3. The molecule has 0 bridgehead atoms. The maximum Gasteiger partial charge on any atom is 0.207 e. The number of furan rings is 1. The lowest BCUT2D eigenvalue weighted by atomic mass is 9.90. The molecule has 0 unspecified atom stereocenters. The van der Waals surface area contributed by atoms with Crippen LogP contribution in [0.2, 0.25) is 0 Å². The van der Waals surface area contributed by atoms with E-state index in [-0.39, 0.29) is 5.96 Å². The zero-order chi connectivity index (χ0) is 47.6. The first kappa shape index (κ1) is 42.1. The number of amidine groups is 1. The van der Waals surface area contributed by atoms with Crippen LogP contribution in [0.25, 0.3) is 109 Å². The molecule has 0 saturated heterocycles. The molecule has 7 heteroatoms. The summed E-state index contributed by atoms with van der Waals surface area (Å²) < 4.78 is 13.6. The lowest BCUT2D eigenvalue weighted by Crippen LogP contribution is -2.25. The van der Waals surface area contributed by atoms with Crippen LogP contribution in [0.15, 0.2) is 233 Å². The first-order valence-corrected chi connectivity index (χ1v) is 24.7. The number of thiophene rings is 1. The van der Waals surface area contributed by atoms with Crippen LogP contribution in [-0.4, -0.2) is 20.9 Å². The summed E-state index contributed by atoms with van der Waals surface area (Å²) in [6.07, 6.45) is 1.94. The SMILES string of the molecule is C=Cc1c(-c2c(C)c3ccccc3n2-c2ccccc2)n(C(N)=NC(=NCc2cccc3oc4ccc(-c5c(-c6ccccc6)ccc6sc7ccccc7c56)cc4c23)c2ccccc2)c2ccccc12. The van der Waals surface area contributed by atoms with E-state index >= 15 is 0 Å². The molecule has 0 aliphatic heterocycles. The summed E-state index contributed by atoms with van der Waals surface area (Å²) in [5.74, 6) is 0.804. The van der Waals surface area contributed by atoms with Crippen molar-refractivity contribution in [2.24, 2.45) is 15.7 Å². The van der Waals surface area contributed by atoms with Gasteiger partial charge in [-0.15, -0.1) is 11.3 Å². The quantitative estimate of drug-likeness (QED) is 0.122. The molecule has 2 N–H and O–H groups in total. The Balaban J connectivity index is 0.988. The molecular formula is C64H45N5OS. The predicted molar refractivity (Wildman–Crippen MR) is 300 cm³/mol. The Morgan fingerprint density at radius 2 is 1.28 bits per heavy atom. The molecule has 0 atom stereocenters. The maximum absolute atomic E-state index is 7.42. The Hall–Kier alpha value is -9.04. The zero-order valence-electron chi connectivity index (χ0n) is 38.9. The Morgan fingerprint density at radius 1 is 0.592 bits per heavy atom. The molecule has 0 aliphatic rings. The van der Waals surface area contributed by atoms with Crippen molar-refractivity contribution in [3.63, 3.8) is 0 Å². The summed E-state index contributed by atoms with van der Waals surface area (Å²) >= 11 is 1.84. The molecule has 0 amide bonds. The van der Waals surface area contributed by atoms with Crippen molar-refractivity contribution in [1.29, 1.82) is 0 Å². The summed E-state index contributed by atoms with van der Waals surface area (Å²) in [7, 11) is 0. The smallest absolute Gasteiger partial charge is 0.207 e. The topological polar surface area (TPSA) is 73.7 Å². The number of aromatic nitrogens is 2. The van der Waals surface area contributed by atoms with E-state index in [0.29, 0.717) is 12.4 Å². The van der Waals surface area contributed by atoms with Gasteiger partial charge in [0.15, 0.2) is 5.84 Å². The van der Waals surface area contributed by atoms with Crippen molar-refractivity contribution in [1.82, 2.24) is 9.13 Å². The molecule has 0 fully saturated rings. The van der Waals surface area contributed by atoms with Crippen molar-refractivity contribution in [2.45, 2.75) is 13.5 Å². The molecule has 0 radical (unpaired) electrons. The second-order valence-electron chi connectivity index (χ2n) is 17.9. The zero-order valence-corrected chi connectivity index (χ0v) is 39.7. The van der Waals surface area contributed by atoms with Gasteiger partial charge in [0.05, 0.1) is 29.0 Å². The van der Waals surface area contributed by atoms with Gasteiger partial charge in [0.1, 0.15) is 11.2 Å². The van der Waals surface area contributed by atoms with Gasteiger partial charge in [0.25, 0.3) is 0 Å². The molecule has 13 aromatic rings. The minimum atomic E-state index is 0.289. The van der Waals surface area contributed by atoms with Gasteiger partial charge in [-0.2, -0.15) is 4.99 Å². The van der Waals surface area contributed by atoms with Crippen LogP contribution in [0.3, 0.4) is 0 Å². The fraction of sp³-hybridized carbons (Fsp3) is 0.0312. The third-order valence-corrected chi connectivity index (χ3v) is 15.0. The van der Waals surface area contributed by atoms with Crippen molar-refractivity contribution < 1.29 is 4.42 Å². The average molecular weight is 932 g/mol. The van der Waals surface area contributed by atoms with Gasteiger partial charge in [0.2, 0.25) is 5.96 Å². The van der Waals surface area contributed by atoms with Crippen LogP contribution in [-0.2, 0) is 6.54 Å². The van der Waals surface area contributed by atoms with E-state index in [4.69, 9.17) is 20.1 Å². The highest BCUT2D eigenvalue weighted by atomic mass is 32.1. The second-order valence-corrected chi connectivity index (χ2v) is 19.0. The summed E-state index contributed by atoms with van der Waals surface area (Å²) in [5, 5.41) is 6.77. The molecule has 71 heavy (non-hydrogen) atoms. The molecule has 4 aromatic heterocycles. The maximum atomic E-state index is 7.42. The van der Waals surface area contributed by atoms with Crippen LogP contribution in [0, 0.1) is 6.92 Å². The Morgan fingerprint density at radius 3 is 2.07 bits per heavy atom. The van der Waals surface area contributed by atoms with Gasteiger partial charge in [-0.05, 0) is 94.9 Å². The van der Waals surface area contributed by atoms with Gasteiger partial charge in [-0.3, -0.25) is 9.56 Å². The standard InChI is InChI=1S/C64H45N5OS/c1-3-46-49-28-14-17-31-53(49)69(62(46)61-40(2)47-27-13-16-30-52(47)68(61)45-25-11-6-12-26-45)64(65)67-63(42-22-9-5-10-23-42)66-39-44-24-19-32-55-58(44)51-38-43(34-36-54(51)70-55)59-48(41-20-7-4-8-21-41)35-37-57-60(59)50-29-15-18-33-56(50)71-57/h3-38H,1,39H2,2H3,(H2,65,66,67). The fourth-order valence-electron chi connectivity index (χ4n) is 10.7. The lowest BCUT2D eigenvalue weighted by Gasteiger charge is -2.16. The average Bonchev–Trinajstić information content (AvgIpc) is 4.17. The summed E-state index contributed by atoms with van der Waals surface area (Å²) in [6.45, 7) is 6.88. The monoisotopic (exact) mass is 931 g/mol. The van der Waals surface area contributed by atoms with Gasteiger partial charge < -0.3 is 14.7 Å². The summed E-state index contributed by atoms with van der Waals surface area (Å²) in [6, 6.07) is 74.3. The fourth-order valence-corrected chi connectivity index (χ4v) is 11.8. The lowest BCUT2D eigenvalue weighted by molar-refractivity contribution is 0.668. The number of nitrogens with two attached hydrogens (primary N) is 1. The molecule has 13 rings (SSSR count). The molecule has 338 valence electrons. The van der Waals surface area contributed by atoms with Crippen LogP contribution >= 0.6 is 11.3 Å². The number of hydrogen-bond donors (Lipinski definition) is 1. The number of aryl methyl sites for hydroxylation is 1. The molecule has 0 saturated carbocycles. The summed E-state index contributed by atoms with van der Waals surface area (Å²) in [5.41, 5.74) is 22.7. The molecule has 4 heterocycles. The Bertz CT molecular complexity index is 4290.